The first-order valence-corrected chi connectivity index (χ1v) is 8.92. The van der Waals surface area contributed by atoms with Crippen LogP contribution in [0.25, 0.3) is 0 Å². The summed E-state index contributed by atoms with van der Waals surface area (Å²) < 4.78 is 10.5. The summed E-state index contributed by atoms with van der Waals surface area (Å²) in [4.78, 5) is 17.0. The molecule has 0 aliphatic heterocycles. The zero-order valence-electron chi connectivity index (χ0n) is 15.9. The fraction of sp³-hybridized carbons (Fsp3) is 0.182. The Balaban J connectivity index is 1.73. The quantitative estimate of drug-likeness (QED) is 0.629. The predicted octanol–water partition coefficient (Wildman–Crippen LogP) is 3.42. The van der Waals surface area contributed by atoms with Gasteiger partial charge in [0.05, 0.1) is 38.2 Å². The second kappa shape index (κ2) is 9.53. The lowest BCUT2D eigenvalue weighted by Crippen LogP contribution is -2.32. The van der Waals surface area contributed by atoms with E-state index in [0.29, 0.717) is 17.2 Å². The molecule has 1 amide bonds. The van der Waals surface area contributed by atoms with E-state index in [1.165, 1.54) is 0 Å². The van der Waals surface area contributed by atoms with Crippen molar-refractivity contribution in [3.05, 3.63) is 84.2 Å². The minimum absolute atomic E-state index is 0.108. The monoisotopic (exact) mass is 377 g/mol. The molecule has 0 aliphatic carbocycles. The normalized spacial score (nSPS) is 11.5. The van der Waals surface area contributed by atoms with E-state index in [1.807, 2.05) is 48.5 Å². The van der Waals surface area contributed by atoms with Gasteiger partial charge in [0, 0.05) is 12.3 Å². The van der Waals surface area contributed by atoms with E-state index in [-0.39, 0.29) is 18.5 Å². The number of rotatable bonds is 8. The topological polar surface area (TPSA) is 72.5 Å². The lowest BCUT2D eigenvalue weighted by atomic mass is 10.0. The average molecular weight is 377 g/mol. The molecule has 1 aromatic heterocycles. The van der Waals surface area contributed by atoms with Gasteiger partial charge in [-0.1, -0.05) is 36.4 Å². The highest BCUT2D eigenvalue weighted by molar-refractivity contribution is 5.94. The maximum atomic E-state index is 12.6. The highest BCUT2D eigenvalue weighted by atomic mass is 16.5. The molecule has 1 unspecified atom stereocenters. The van der Waals surface area contributed by atoms with E-state index in [2.05, 4.69) is 15.6 Å². The number of anilines is 1. The fourth-order valence-electron chi connectivity index (χ4n) is 2.89. The van der Waals surface area contributed by atoms with Crippen LogP contribution >= 0.6 is 0 Å². The number of hydrogen-bond donors (Lipinski definition) is 2. The van der Waals surface area contributed by atoms with Crippen LogP contribution in [0.3, 0.4) is 0 Å². The molecule has 0 radical (unpaired) electrons. The summed E-state index contributed by atoms with van der Waals surface area (Å²) in [5.74, 6) is 1.02. The molecule has 2 N–H and O–H groups in total. The van der Waals surface area contributed by atoms with Crippen molar-refractivity contribution in [1.82, 2.24) is 10.3 Å². The number of carbonyl (C=O) groups is 1. The molecule has 0 saturated carbocycles. The number of amides is 1. The van der Waals surface area contributed by atoms with Gasteiger partial charge in [-0.3, -0.25) is 15.1 Å². The van der Waals surface area contributed by atoms with Crippen molar-refractivity contribution in [3.63, 3.8) is 0 Å². The molecule has 0 saturated heterocycles. The van der Waals surface area contributed by atoms with Crippen LogP contribution in [0.5, 0.6) is 11.5 Å². The molecule has 0 fully saturated rings. The summed E-state index contributed by atoms with van der Waals surface area (Å²) in [5, 5.41) is 6.16. The number of pyridine rings is 1. The standard InChI is InChI=1S/C22H23N3O3/c1-27-17-11-12-20(28-2)19(14-17)25-21(26)15-24-22(16-8-4-3-5-9-16)18-10-6-7-13-23-18/h3-14,22,24H,15H2,1-2H3,(H,25,26). The Bertz CT molecular complexity index is 862. The van der Waals surface area contributed by atoms with E-state index >= 15 is 0 Å². The number of nitrogens with one attached hydrogen (secondary N) is 2. The SMILES string of the molecule is COc1ccc(OC)c(NC(=O)CNC(c2ccccc2)c2ccccn2)c1. The van der Waals surface area contributed by atoms with Gasteiger partial charge in [0.1, 0.15) is 11.5 Å². The van der Waals surface area contributed by atoms with Gasteiger partial charge in [-0.05, 0) is 29.8 Å². The smallest absolute Gasteiger partial charge is 0.238 e. The van der Waals surface area contributed by atoms with Crippen LogP contribution in [0.2, 0.25) is 0 Å². The minimum Gasteiger partial charge on any atom is -0.497 e. The Morgan fingerprint density at radius 2 is 1.79 bits per heavy atom. The molecule has 1 atom stereocenters. The van der Waals surface area contributed by atoms with E-state index in [1.54, 1.807) is 38.6 Å². The van der Waals surface area contributed by atoms with Gasteiger partial charge in [-0.15, -0.1) is 0 Å². The number of nitrogens with zero attached hydrogens (tertiary/aromatic N) is 1. The van der Waals surface area contributed by atoms with Crippen LogP contribution in [-0.4, -0.2) is 31.7 Å². The van der Waals surface area contributed by atoms with Crippen LogP contribution in [0.1, 0.15) is 17.3 Å². The molecule has 0 aliphatic rings. The number of carbonyl (C=O) groups excluding carboxylic acids is 1. The Morgan fingerprint density at radius 1 is 1.00 bits per heavy atom. The van der Waals surface area contributed by atoms with Crippen molar-refractivity contribution >= 4 is 11.6 Å². The minimum atomic E-state index is -0.194. The maximum Gasteiger partial charge on any atom is 0.238 e. The number of hydrogen-bond acceptors (Lipinski definition) is 5. The second-order valence-corrected chi connectivity index (χ2v) is 6.09. The molecule has 6 heteroatoms. The van der Waals surface area contributed by atoms with Crippen molar-refractivity contribution in [2.75, 3.05) is 26.1 Å². The Hall–Kier alpha value is -3.38. The highest BCUT2D eigenvalue weighted by Crippen LogP contribution is 2.28. The van der Waals surface area contributed by atoms with Crippen LogP contribution in [0, 0.1) is 0 Å². The van der Waals surface area contributed by atoms with Crippen molar-refractivity contribution in [2.24, 2.45) is 0 Å². The summed E-state index contributed by atoms with van der Waals surface area (Å²) >= 11 is 0. The molecular formula is C22H23N3O3. The molecule has 6 nitrogen and oxygen atoms in total. The number of benzene rings is 2. The van der Waals surface area contributed by atoms with E-state index in [9.17, 15) is 4.79 Å². The van der Waals surface area contributed by atoms with Gasteiger partial charge in [-0.25, -0.2) is 0 Å². The lowest BCUT2D eigenvalue weighted by Gasteiger charge is -2.19. The van der Waals surface area contributed by atoms with Crippen molar-refractivity contribution in [1.29, 1.82) is 0 Å². The molecular weight excluding hydrogens is 354 g/mol. The van der Waals surface area contributed by atoms with Gasteiger partial charge in [0.15, 0.2) is 0 Å². The largest absolute Gasteiger partial charge is 0.497 e. The summed E-state index contributed by atoms with van der Waals surface area (Å²) in [6, 6.07) is 20.7. The Labute approximate surface area is 164 Å². The van der Waals surface area contributed by atoms with E-state index < -0.39 is 0 Å². The molecule has 3 aromatic rings. The summed E-state index contributed by atoms with van der Waals surface area (Å²) in [6.45, 7) is 0.108. The molecule has 0 spiro atoms. The third kappa shape index (κ3) is 4.86. The molecule has 2 aromatic carbocycles. The first-order chi connectivity index (χ1) is 13.7. The predicted molar refractivity (Wildman–Crippen MR) is 109 cm³/mol. The third-order valence-corrected chi connectivity index (χ3v) is 4.26. The number of methoxy groups -OCH3 is 2. The van der Waals surface area contributed by atoms with Crippen molar-refractivity contribution in [2.45, 2.75) is 6.04 Å². The van der Waals surface area contributed by atoms with Crippen molar-refractivity contribution < 1.29 is 14.3 Å². The molecule has 0 bridgehead atoms. The van der Waals surface area contributed by atoms with Crippen LogP contribution < -0.4 is 20.1 Å². The van der Waals surface area contributed by atoms with Gasteiger partial charge in [-0.2, -0.15) is 0 Å². The van der Waals surface area contributed by atoms with Gasteiger partial charge in [0.25, 0.3) is 0 Å². The zero-order valence-corrected chi connectivity index (χ0v) is 15.9. The number of aromatic nitrogens is 1. The van der Waals surface area contributed by atoms with Gasteiger partial charge < -0.3 is 14.8 Å². The molecule has 3 rings (SSSR count). The number of ether oxygens (including phenoxy) is 2. The van der Waals surface area contributed by atoms with Crippen LogP contribution in [0.15, 0.2) is 72.9 Å². The van der Waals surface area contributed by atoms with E-state index in [0.717, 1.165) is 11.3 Å². The summed E-state index contributed by atoms with van der Waals surface area (Å²) in [5.41, 5.74) is 2.44. The molecule has 1 heterocycles. The molecule has 28 heavy (non-hydrogen) atoms. The van der Waals surface area contributed by atoms with Crippen LogP contribution in [-0.2, 0) is 4.79 Å². The third-order valence-electron chi connectivity index (χ3n) is 4.26. The summed E-state index contributed by atoms with van der Waals surface area (Å²) in [7, 11) is 3.13. The first kappa shape index (κ1) is 19.4. The van der Waals surface area contributed by atoms with Crippen LogP contribution in [0.4, 0.5) is 5.69 Å². The van der Waals surface area contributed by atoms with Gasteiger partial charge in [0.2, 0.25) is 5.91 Å². The first-order valence-electron chi connectivity index (χ1n) is 8.92. The summed E-state index contributed by atoms with van der Waals surface area (Å²) in [6.07, 6.45) is 1.74. The fourth-order valence-corrected chi connectivity index (χ4v) is 2.89. The maximum absolute atomic E-state index is 12.6. The lowest BCUT2D eigenvalue weighted by molar-refractivity contribution is -0.115. The highest BCUT2D eigenvalue weighted by Gasteiger charge is 2.17. The van der Waals surface area contributed by atoms with Crippen molar-refractivity contribution in [3.8, 4) is 11.5 Å². The van der Waals surface area contributed by atoms with Gasteiger partial charge >= 0.3 is 0 Å². The Kier molecular flexibility index (Phi) is 6.59. The van der Waals surface area contributed by atoms with E-state index in [4.69, 9.17) is 9.47 Å². The Morgan fingerprint density at radius 3 is 2.46 bits per heavy atom. The average Bonchev–Trinajstić information content (AvgIpc) is 2.75. The zero-order chi connectivity index (χ0) is 19.8. The molecule has 144 valence electrons. The second-order valence-electron chi connectivity index (χ2n) is 6.09.